The summed E-state index contributed by atoms with van der Waals surface area (Å²) in [5.74, 6) is 3.03. The molecule has 0 bridgehead atoms. The molecule has 0 heterocycles. The summed E-state index contributed by atoms with van der Waals surface area (Å²) in [6.45, 7) is 38.4. The quantitative estimate of drug-likeness (QED) is 0.156. The maximum atomic E-state index is 11.7. The van der Waals surface area contributed by atoms with Crippen molar-refractivity contribution in [3.05, 3.63) is 103 Å². The Bertz CT molecular complexity index is 1840. The highest BCUT2D eigenvalue weighted by molar-refractivity contribution is 5.67. The standard InChI is InChI=1S/C54H78O6/c1-49(2,3)37-25-31(26-38(43(37)55)50(4,5)6)22-34-46(58-19)35(23-32-27-39(51(7,8)9)44(56)40(28-32)52(10,11)12)48(60-21)36(47(34)59-20)24-33-29-41(53(13,14)15)45(57)42(30-33)54(16,17)18/h25-30,55-57H,22-24H2,1-21H3. The molecule has 6 heteroatoms. The van der Waals surface area contributed by atoms with E-state index in [0.29, 0.717) is 53.8 Å². The van der Waals surface area contributed by atoms with Crippen molar-refractivity contribution in [2.75, 3.05) is 21.3 Å². The fourth-order valence-electron chi connectivity index (χ4n) is 8.51. The maximum absolute atomic E-state index is 11.7. The van der Waals surface area contributed by atoms with E-state index in [0.717, 1.165) is 66.8 Å². The zero-order valence-corrected chi connectivity index (χ0v) is 41.2. The summed E-state index contributed by atoms with van der Waals surface area (Å²) in [5.41, 5.74) is 9.20. The van der Waals surface area contributed by atoms with Crippen LogP contribution in [0.4, 0.5) is 0 Å². The van der Waals surface area contributed by atoms with Crippen LogP contribution in [0.5, 0.6) is 34.5 Å². The van der Waals surface area contributed by atoms with Gasteiger partial charge in [-0.1, -0.05) is 161 Å². The lowest BCUT2D eigenvalue weighted by Crippen LogP contribution is -2.19. The lowest BCUT2D eigenvalue weighted by molar-refractivity contribution is 0.359. The first-order valence-electron chi connectivity index (χ1n) is 21.6. The third-order valence-corrected chi connectivity index (χ3v) is 11.8. The van der Waals surface area contributed by atoms with Crippen molar-refractivity contribution >= 4 is 0 Å². The van der Waals surface area contributed by atoms with Gasteiger partial charge in [0, 0.05) is 36.0 Å². The predicted molar refractivity (Wildman–Crippen MR) is 251 cm³/mol. The first kappa shape index (κ1) is 48.3. The molecule has 0 aromatic heterocycles. The number of rotatable bonds is 9. The van der Waals surface area contributed by atoms with E-state index >= 15 is 0 Å². The van der Waals surface area contributed by atoms with Crippen LogP contribution < -0.4 is 14.2 Å². The highest BCUT2D eigenvalue weighted by atomic mass is 16.5. The first-order chi connectivity index (χ1) is 27.2. The van der Waals surface area contributed by atoms with Gasteiger partial charge >= 0.3 is 0 Å². The summed E-state index contributed by atoms with van der Waals surface area (Å²) in [5, 5.41) is 35.1. The van der Waals surface area contributed by atoms with Crippen LogP contribution in [0, 0.1) is 0 Å². The molecule has 330 valence electrons. The Balaban J connectivity index is 2.21. The minimum atomic E-state index is -0.312. The molecule has 0 aliphatic heterocycles. The molecular weight excluding hydrogens is 745 g/mol. The summed E-state index contributed by atoms with van der Waals surface area (Å²) >= 11 is 0. The smallest absolute Gasteiger partial charge is 0.133 e. The van der Waals surface area contributed by atoms with Gasteiger partial charge in [0.25, 0.3) is 0 Å². The van der Waals surface area contributed by atoms with E-state index in [1.165, 1.54) is 0 Å². The van der Waals surface area contributed by atoms with Crippen molar-refractivity contribution in [3.63, 3.8) is 0 Å². The molecule has 60 heavy (non-hydrogen) atoms. The number of benzene rings is 4. The summed E-state index contributed by atoms with van der Waals surface area (Å²) < 4.78 is 19.5. The molecular formula is C54H78O6. The Hall–Kier alpha value is -4.32. The van der Waals surface area contributed by atoms with Crippen LogP contribution in [-0.2, 0) is 51.8 Å². The zero-order valence-electron chi connectivity index (χ0n) is 41.2. The topological polar surface area (TPSA) is 88.4 Å². The maximum Gasteiger partial charge on any atom is 0.133 e. The number of hydrogen-bond donors (Lipinski definition) is 3. The second kappa shape index (κ2) is 16.5. The fourth-order valence-corrected chi connectivity index (χ4v) is 8.51. The highest BCUT2D eigenvalue weighted by Crippen LogP contribution is 2.50. The van der Waals surface area contributed by atoms with Crippen LogP contribution in [0.1, 0.15) is 191 Å². The average molecular weight is 823 g/mol. The second-order valence-electron chi connectivity index (χ2n) is 23.2. The van der Waals surface area contributed by atoms with E-state index in [9.17, 15) is 15.3 Å². The number of hydrogen-bond acceptors (Lipinski definition) is 6. The molecule has 0 spiro atoms. The predicted octanol–water partition coefficient (Wildman–Crippen LogP) is 13.4. The average Bonchev–Trinajstić information content (AvgIpc) is 3.07. The van der Waals surface area contributed by atoms with Gasteiger partial charge in [-0.2, -0.15) is 0 Å². The largest absolute Gasteiger partial charge is 0.507 e. The minimum absolute atomic E-state index is 0.312. The van der Waals surface area contributed by atoms with Crippen molar-refractivity contribution in [2.24, 2.45) is 0 Å². The Morgan fingerprint density at radius 1 is 0.317 bits per heavy atom. The lowest BCUT2D eigenvalue weighted by Gasteiger charge is -2.30. The highest BCUT2D eigenvalue weighted by Gasteiger charge is 2.33. The van der Waals surface area contributed by atoms with Gasteiger partial charge in [-0.25, -0.2) is 0 Å². The van der Waals surface area contributed by atoms with Crippen molar-refractivity contribution in [3.8, 4) is 34.5 Å². The van der Waals surface area contributed by atoms with Crippen LogP contribution in [-0.4, -0.2) is 36.6 Å². The Labute approximate surface area is 363 Å². The molecule has 0 atom stereocenters. The fraction of sp³-hybridized carbons (Fsp3) is 0.556. The Morgan fingerprint density at radius 3 is 0.583 bits per heavy atom. The van der Waals surface area contributed by atoms with Crippen molar-refractivity contribution < 1.29 is 29.5 Å². The van der Waals surface area contributed by atoms with E-state index in [-0.39, 0.29) is 32.5 Å². The molecule has 3 N–H and O–H groups in total. The molecule has 4 aromatic carbocycles. The van der Waals surface area contributed by atoms with Gasteiger partial charge in [0.1, 0.15) is 34.5 Å². The number of phenolic OH excluding ortho intramolecular Hbond substituents is 3. The Kier molecular flexibility index (Phi) is 13.3. The van der Waals surface area contributed by atoms with Crippen LogP contribution in [0.2, 0.25) is 0 Å². The SMILES string of the molecule is COc1c(Cc2cc(C(C)(C)C)c(O)c(C(C)(C)C)c2)c(OC)c(Cc2cc(C(C)(C)C)c(O)c(C(C)(C)C)c2)c(OC)c1Cc1cc(C(C)(C)C)c(O)c(C(C)(C)C)c1. The van der Waals surface area contributed by atoms with Crippen molar-refractivity contribution in [1.82, 2.24) is 0 Å². The van der Waals surface area contributed by atoms with Crippen LogP contribution in [0.15, 0.2) is 36.4 Å². The summed E-state index contributed by atoms with van der Waals surface area (Å²) in [4.78, 5) is 0. The van der Waals surface area contributed by atoms with Gasteiger partial charge in [-0.15, -0.1) is 0 Å². The molecule has 4 aromatic rings. The molecule has 6 nitrogen and oxygen atoms in total. The number of aromatic hydroxyl groups is 3. The van der Waals surface area contributed by atoms with Gasteiger partial charge in [-0.05, 0) is 82.6 Å². The van der Waals surface area contributed by atoms with E-state index < -0.39 is 0 Å². The lowest BCUT2D eigenvalue weighted by atomic mass is 9.77. The minimum Gasteiger partial charge on any atom is -0.507 e. The van der Waals surface area contributed by atoms with Crippen LogP contribution in [0.25, 0.3) is 0 Å². The normalized spacial score (nSPS) is 13.2. The molecule has 0 saturated heterocycles. The van der Waals surface area contributed by atoms with Gasteiger partial charge in [-0.3, -0.25) is 0 Å². The van der Waals surface area contributed by atoms with Crippen molar-refractivity contribution in [1.29, 1.82) is 0 Å². The number of methoxy groups -OCH3 is 3. The van der Waals surface area contributed by atoms with Gasteiger partial charge < -0.3 is 29.5 Å². The first-order valence-corrected chi connectivity index (χ1v) is 21.6. The number of phenols is 3. The molecule has 4 rings (SSSR count). The molecule has 0 aliphatic carbocycles. The zero-order chi connectivity index (χ0) is 45.9. The summed E-state index contributed by atoms with van der Waals surface area (Å²) in [6.07, 6.45) is 1.40. The molecule has 0 fully saturated rings. The second-order valence-corrected chi connectivity index (χ2v) is 23.2. The van der Waals surface area contributed by atoms with E-state index in [1.807, 2.05) is 0 Å². The monoisotopic (exact) mass is 823 g/mol. The van der Waals surface area contributed by atoms with Crippen LogP contribution in [0.3, 0.4) is 0 Å². The van der Waals surface area contributed by atoms with E-state index in [2.05, 4.69) is 161 Å². The van der Waals surface area contributed by atoms with E-state index in [1.54, 1.807) is 21.3 Å². The molecule has 0 unspecified atom stereocenters. The third kappa shape index (κ3) is 10.1. The summed E-state index contributed by atoms with van der Waals surface area (Å²) in [7, 11) is 5.13. The summed E-state index contributed by atoms with van der Waals surface area (Å²) in [6, 6.07) is 12.8. The molecule has 0 amide bonds. The molecule has 0 aliphatic rings. The van der Waals surface area contributed by atoms with E-state index in [4.69, 9.17) is 14.2 Å². The van der Waals surface area contributed by atoms with Gasteiger partial charge in [0.2, 0.25) is 0 Å². The molecule has 0 saturated carbocycles. The van der Waals surface area contributed by atoms with Crippen molar-refractivity contribution in [2.45, 2.75) is 176 Å². The number of ether oxygens (including phenoxy) is 3. The van der Waals surface area contributed by atoms with Gasteiger partial charge in [0.05, 0.1) is 21.3 Å². The Morgan fingerprint density at radius 2 is 0.467 bits per heavy atom. The van der Waals surface area contributed by atoms with Gasteiger partial charge in [0.15, 0.2) is 0 Å². The third-order valence-electron chi connectivity index (χ3n) is 11.8. The van der Waals surface area contributed by atoms with Crippen LogP contribution >= 0.6 is 0 Å². The molecule has 0 radical (unpaired) electrons.